The average molecular weight is 240 g/mol. The van der Waals surface area contributed by atoms with Crippen LogP contribution in [0.2, 0.25) is 0 Å². The zero-order chi connectivity index (χ0) is 12.3. The molecular formula is C13H24N2O2. The number of primary amides is 1. The molecule has 98 valence electrons. The lowest BCUT2D eigenvalue weighted by Crippen LogP contribution is -2.66. The Labute approximate surface area is 103 Å². The summed E-state index contributed by atoms with van der Waals surface area (Å²) in [5, 5.41) is 3.57. The van der Waals surface area contributed by atoms with E-state index in [1.54, 1.807) is 0 Å². The van der Waals surface area contributed by atoms with Crippen LogP contribution in [0, 0.1) is 5.41 Å². The molecule has 0 saturated heterocycles. The van der Waals surface area contributed by atoms with Crippen LogP contribution in [0.1, 0.15) is 45.4 Å². The standard InChI is InChI=1S/C13H24N2O2/c1-2-17-11-9-10(13(11)6-4-7-13)15-8-3-5-12(14)16/h10-11,15H,2-9H2,1H3,(H2,14,16). The van der Waals surface area contributed by atoms with Crippen molar-refractivity contribution >= 4 is 5.91 Å². The van der Waals surface area contributed by atoms with Crippen LogP contribution in [-0.4, -0.2) is 31.2 Å². The second-order valence-electron chi connectivity index (χ2n) is 5.34. The van der Waals surface area contributed by atoms with Crippen molar-refractivity contribution in [1.29, 1.82) is 0 Å². The first kappa shape index (κ1) is 12.8. The first-order valence-corrected chi connectivity index (χ1v) is 6.82. The number of nitrogens with two attached hydrogens (primary N) is 1. The van der Waals surface area contributed by atoms with Gasteiger partial charge in [-0.3, -0.25) is 4.79 Å². The van der Waals surface area contributed by atoms with Crippen LogP contribution in [0.4, 0.5) is 0 Å². The fourth-order valence-electron chi connectivity index (χ4n) is 3.26. The number of rotatable bonds is 7. The van der Waals surface area contributed by atoms with Gasteiger partial charge in [-0.15, -0.1) is 0 Å². The number of carbonyl (C=O) groups is 1. The Morgan fingerprint density at radius 3 is 2.82 bits per heavy atom. The lowest BCUT2D eigenvalue weighted by atomic mass is 9.51. The van der Waals surface area contributed by atoms with Crippen molar-refractivity contribution in [3.63, 3.8) is 0 Å². The second-order valence-corrected chi connectivity index (χ2v) is 5.34. The minimum atomic E-state index is -0.203. The Kier molecular flexibility index (Phi) is 4.05. The molecule has 2 saturated carbocycles. The van der Waals surface area contributed by atoms with Crippen LogP contribution in [-0.2, 0) is 9.53 Å². The van der Waals surface area contributed by atoms with Gasteiger partial charge in [0.25, 0.3) is 0 Å². The van der Waals surface area contributed by atoms with Crippen LogP contribution in [0.15, 0.2) is 0 Å². The van der Waals surface area contributed by atoms with Crippen molar-refractivity contribution < 1.29 is 9.53 Å². The van der Waals surface area contributed by atoms with Gasteiger partial charge < -0.3 is 15.8 Å². The molecule has 0 aromatic heterocycles. The molecule has 0 aromatic carbocycles. The maximum absolute atomic E-state index is 10.6. The van der Waals surface area contributed by atoms with Gasteiger partial charge in [0.1, 0.15) is 0 Å². The fourth-order valence-corrected chi connectivity index (χ4v) is 3.26. The third-order valence-corrected chi connectivity index (χ3v) is 4.43. The molecule has 4 heteroatoms. The number of hydrogen-bond donors (Lipinski definition) is 2. The Hall–Kier alpha value is -0.610. The van der Waals surface area contributed by atoms with Gasteiger partial charge in [0.05, 0.1) is 6.10 Å². The highest BCUT2D eigenvalue weighted by atomic mass is 16.5. The van der Waals surface area contributed by atoms with Crippen molar-refractivity contribution in [3.8, 4) is 0 Å². The molecule has 0 aromatic rings. The molecule has 1 spiro atoms. The zero-order valence-corrected chi connectivity index (χ0v) is 10.7. The SMILES string of the molecule is CCOC1CC(NCCCC(N)=O)C12CCC2. The quantitative estimate of drug-likeness (QED) is 0.657. The highest BCUT2D eigenvalue weighted by Crippen LogP contribution is 2.57. The summed E-state index contributed by atoms with van der Waals surface area (Å²) < 4.78 is 5.80. The van der Waals surface area contributed by atoms with E-state index in [1.165, 1.54) is 19.3 Å². The molecule has 2 unspecified atom stereocenters. The summed E-state index contributed by atoms with van der Waals surface area (Å²) in [4.78, 5) is 10.6. The van der Waals surface area contributed by atoms with Crippen molar-refractivity contribution in [3.05, 3.63) is 0 Å². The maximum atomic E-state index is 10.6. The monoisotopic (exact) mass is 240 g/mol. The van der Waals surface area contributed by atoms with Crippen LogP contribution in [0.25, 0.3) is 0 Å². The lowest BCUT2D eigenvalue weighted by Gasteiger charge is -2.61. The molecule has 0 bridgehead atoms. The third-order valence-electron chi connectivity index (χ3n) is 4.43. The Balaban J connectivity index is 1.70. The van der Waals surface area contributed by atoms with E-state index in [-0.39, 0.29) is 5.91 Å². The first-order chi connectivity index (χ1) is 8.19. The molecular weight excluding hydrogens is 216 g/mol. The first-order valence-electron chi connectivity index (χ1n) is 6.82. The topological polar surface area (TPSA) is 64.3 Å². The molecule has 2 rings (SSSR count). The summed E-state index contributed by atoms with van der Waals surface area (Å²) in [5.74, 6) is -0.203. The number of nitrogens with one attached hydrogen (secondary N) is 1. The van der Waals surface area contributed by atoms with Crippen molar-refractivity contribution in [2.45, 2.75) is 57.6 Å². The molecule has 2 atom stereocenters. The average Bonchev–Trinajstić information content (AvgIpc) is 2.18. The minimum Gasteiger partial charge on any atom is -0.378 e. The Bertz CT molecular complexity index is 277. The molecule has 2 aliphatic rings. The van der Waals surface area contributed by atoms with E-state index in [1.807, 2.05) is 0 Å². The largest absolute Gasteiger partial charge is 0.378 e. The summed E-state index contributed by atoms with van der Waals surface area (Å²) in [6, 6.07) is 0.598. The van der Waals surface area contributed by atoms with E-state index >= 15 is 0 Å². The minimum absolute atomic E-state index is 0.203. The molecule has 3 N–H and O–H groups in total. The summed E-state index contributed by atoms with van der Waals surface area (Å²) in [6.07, 6.45) is 6.86. The Morgan fingerprint density at radius 1 is 1.53 bits per heavy atom. The summed E-state index contributed by atoms with van der Waals surface area (Å²) in [6.45, 7) is 3.79. The highest BCUT2D eigenvalue weighted by Gasteiger charge is 2.58. The molecule has 2 aliphatic carbocycles. The number of ether oxygens (including phenoxy) is 1. The third kappa shape index (κ3) is 2.47. The van der Waals surface area contributed by atoms with Gasteiger partial charge in [-0.2, -0.15) is 0 Å². The number of carbonyl (C=O) groups excluding carboxylic acids is 1. The zero-order valence-electron chi connectivity index (χ0n) is 10.7. The molecule has 0 radical (unpaired) electrons. The predicted octanol–water partition coefficient (Wildman–Crippen LogP) is 1.19. The van der Waals surface area contributed by atoms with E-state index in [0.29, 0.717) is 24.0 Å². The summed E-state index contributed by atoms with van der Waals surface area (Å²) in [7, 11) is 0. The molecule has 1 amide bonds. The van der Waals surface area contributed by atoms with Gasteiger partial charge in [-0.05, 0) is 39.2 Å². The van der Waals surface area contributed by atoms with Crippen LogP contribution >= 0.6 is 0 Å². The lowest BCUT2D eigenvalue weighted by molar-refractivity contribution is -0.172. The smallest absolute Gasteiger partial charge is 0.217 e. The van der Waals surface area contributed by atoms with Crippen molar-refractivity contribution in [2.75, 3.05) is 13.2 Å². The van der Waals surface area contributed by atoms with Crippen LogP contribution in [0.5, 0.6) is 0 Å². The fraction of sp³-hybridized carbons (Fsp3) is 0.923. The maximum Gasteiger partial charge on any atom is 0.217 e. The van der Waals surface area contributed by atoms with Crippen LogP contribution < -0.4 is 11.1 Å². The normalized spacial score (nSPS) is 29.7. The number of amides is 1. The van der Waals surface area contributed by atoms with E-state index in [0.717, 1.165) is 26.0 Å². The second kappa shape index (κ2) is 5.36. The molecule has 17 heavy (non-hydrogen) atoms. The van der Waals surface area contributed by atoms with Gasteiger partial charge in [-0.1, -0.05) is 6.42 Å². The van der Waals surface area contributed by atoms with E-state index in [9.17, 15) is 4.79 Å². The Morgan fingerprint density at radius 2 is 2.29 bits per heavy atom. The van der Waals surface area contributed by atoms with Gasteiger partial charge >= 0.3 is 0 Å². The molecule has 2 fully saturated rings. The number of hydrogen-bond acceptors (Lipinski definition) is 3. The van der Waals surface area contributed by atoms with Crippen molar-refractivity contribution in [1.82, 2.24) is 5.32 Å². The van der Waals surface area contributed by atoms with Gasteiger partial charge in [0, 0.05) is 24.5 Å². The van der Waals surface area contributed by atoms with Crippen molar-refractivity contribution in [2.24, 2.45) is 11.1 Å². The molecule has 0 heterocycles. The van der Waals surface area contributed by atoms with Gasteiger partial charge in [-0.25, -0.2) is 0 Å². The van der Waals surface area contributed by atoms with E-state index < -0.39 is 0 Å². The predicted molar refractivity (Wildman–Crippen MR) is 66.5 cm³/mol. The molecule has 0 aliphatic heterocycles. The molecule has 4 nitrogen and oxygen atoms in total. The summed E-state index contributed by atoms with van der Waals surface area (Å²) in [5.41, 5.74) is 5.54. The van der Waals surface area contributed by atoms with Gasteiger partial charge in [0.15, 0.2) is 0 Å². The summed E-state index contributed by atoms with van der Waals surface area (Å²) >= 11 is 0. The van der Waals surface area contributed by atoms with E-state index in [4.69, 9.17) is 10.5 Å². The highest BCUT2D eigenvalue weighted by molar-refractivity contribution is 5.73. The van der Waals surface area contributed by atoms with Gasteiger partial charge in [0.2, 0.25) is 5.91 Å². The van der Waals surface area contributed by atoms with Crippen LogP contribution in [0.3, 0.4) is 0 Å². The van der Waals surface area contributed by atoms with E-state index in [2.05, 4.69) is 12.2 Å².